The van der Waals surface area contributed by atoms with Crippen LogP contribution in [0.2, 0.25) is 0 Å². The molecule has 0 aromatic rings. The maximum atomic E-state index is 8.04. The average Bonchev–Trinajstić information content (AvgIpc) is 1.68. The second kappa shape index (κ2) is 3.38. The van der Waals surface area contributed by atoms with Crippen LogP contribution in [0, 0.1) is 11.3 Å². The Hall–Kier alpha value is -0.810. The molecule has 0 amide bonds. The monoisotopic (exact) mass is 97.1 g/mol. The quantitative estimate of drug-likeness (QED) is 0.475. The zero-order valence-electron chi connectivity index (χ0n) is 4.27. The van der Waals surface area contributed by atoms with Crippen LogP contribution < -0.4 is 0 Å². The summed E-state index contributed by atoms with van der Waals surface area (Å²) in [6.07, 6.45) is 0. The highest BCUT2D eigenvalue weighted by Gasteiger charge is 1.83. The predicted molar refractivity (Wildman–Crippen MR) is 26.6 cm³/mol. The Morgan fingerprint density at radius 3 is 2.71 bits per heavy atom. The van der Waals surface area contributed by atoms with Crippen LogP contribution in [0.1, 0.15) is 0 Å². The van der Waals surface area contributed by atoms with Gasteiger partial charge in [0.05, 0.1) is 12.7 Å². The summed E-state index contributed by atoms with van der Waals surface area (Å²) in [5.41, 5.74) is 0.461. The number of hydrogen-bond acceptors (Lipinski definition) is 2. The van der Waals surface area contributed by atoms with Crippen molar-refractivity contribution < 1.29 is 4.74 Å². The van der Waals surface area contributed by atoms with Crippen LogP contribution >= 0.6 is 0 Å². The SMILES string of the molecule is C=C(C#N)COC. The summed E-state index contributed by atoms with van der Waals surface area (Å²) in [6.45, 7) is 3.72. The van der Waals surface area contributed by atoms with E-state index in [1.165, 1.54) is 7.11 Å². The molecule has 2 nitrogen and oxygen atoms in total. The molecule has 0 aliphatic carbocycles. The minimum atomic E-state index is 0.344. The Morgan fingerprint density at radius 1 is 2.00 bits per heavy atom. The molecule has 0 rings (SSSR count). The Bertz CT molecular complexity index is 101. The smallest absolute Gasteiger partial charge is 0.0965 e. The van der Waals surface area contributed by atoms with Gasteiger partial charge in [0.25, 0.3) is 0 Å². The fourth-order valence-electron chi connectivity index (χ4n) is 0.207. The second-order valence-electron chi connectivity index (χ2n) is 1.15. The molecule has 0 fully saturated rings. The Balaban J connectivity index is 3.24. The van der Waals surface area contributed by atoms with E-state index in [0.717, 1.165) is 0 Å². The van der Waals surface area contributed by atoms with E-state index in [4.69, 9.17) is 5.26 Å². The second-order valence-corrected chi connectivity index (χ2v) is 1.15. The van der Waals surface area contributed by atoms with E-state index in [-0.39, 0.29) is 0 Å². The third kappa shape index (κ3) is 3.01. The summed E-state index contributed by atoms with van der Waals surface area (Å²) in [5, 5.41) is 8.04. The van der Waals surface area contributed by atoms with Crippen molar-refractivity contribution in [2.24, 2.45) is 0 Å². The predicted octanol–water partition coefficient (Wildman–Crippen LogP) is 0.713. The normalized spacial score (nSPS) is 7.43. The van der Waals surface area contributed by atoms with Crippen molar-refractivity contribution in [1.29, 1.82) is 5.26 Å². The van der Waals surface area contributed by atoms with Crippen LogP contribution in [0.3, 0.4) is 0 Å². The summed E-state index contributed by atoms with van der Waals surface area (Å²) in [6, 6.07) is 1.85. The molecule has 0 atom stereocenters. The summed E-state index contributed by atoms with van der Waals surface area (Å²) < 4.78 is 4.57. The number of ether oxygens (including phenoxy) is 1. The van der Waals surface area contributed by atoms with Gasteiger partial charge in [-0.15, -0.1) is 0 Å². The van der Waals surface area contributed by atoms with Gasteiger partial charge in [-0.3, -0.25) is 0 Å². The fraction of sp³-hybridized carbons (Fsp3) is 0.400. The van der Waals surface area contributed by atoms with E-state index in [1.54, 1.807) is 0 Å². The molecular weight excluding hydrogens is 90.1 g/mol. The molecule has 0 spiro atoms. The van der Waals surface area contributed by atoms with E-state index in [9.17, 15) is 0 Å². The minimum absolute atomic E-state index is 0.344. The summed E-state index contributed by atoms with van der Waals surface area (Å²) >= 11 is 0. The summed E-state index contributed by atoms with van der Waals surface area (Å²) in [7, 11) is 1.53. The zero-order chi connectivity index (χ0) is 5.70. The molecule has 0 unspecified atom stereocenters. The van der Waals surface area contributed by atoms with Gasteiger partial charge in [-0.1, -0.05) is 6.58 Å². The molecule has 2 heteroatoms. The van der Waals surface area contributed by atoms with Crippen molar-refractivity contribution >= 4 is 0 Å². The van der Waals surface area contributed by atoms with Gasteiger partial charge in [0.15, 0.2) is 0 Å². The number of rotatable bonds is 2. The van der Waals surface area contributed by atoms with Crippen LogP contribution in [0.15, 0.2) is 12.2 Å². The molecule has 38 valence electrons. The summed E-state index contributed by atoms with van der Waals surface area (Å²) in [5.74, 6) is 0. The van der Waals surface area contributed by atoms with E-state index in [0.29, 0.717) is 12.2 Å². The number of methoxy groups -OCH3 is 1. The first-order chi connectivity index (χ1) is 3.31. The fourth-order valence-corrected chi connectivity index (χ4v) is 0.207. The van der Waals surface area contributed by atoms with E-state index < -0.39 is 0 Å². The van der Waals surface area contributed by atoms with Gasteiger partial charge in [-0.05, 0) is 0 Å². The van der Waals surface area contributed by atoms with Gasteiger partial charge in [0.2, 0.25) is 0 Å². The molecule has 0 aliphatic heterocycles. The Morgan fingerprint density at radius 2 is 2.57 bits per heavy atom. The molecule has 0 bridgehead atoms. The first-order valence-corrected chi connectivity index (χ1v) is 1.88. The topological polar surface area (TPSA) is 33.0 Å². The molecule has 7 heavy (non-hydrogen) atoms. The lowest BCUT2D eigenvalue weighted by molar-refractivity contribution is 0.229. The highest BCUT2D eigenvalue weighted by molar-refractivity contribution is 5.15. The molecule has 0 aromatic carbocycles. The highest BCUT2D eigenvalue weighted by atomic mass is 16.5. The van der Waals surface area contributed by atoms with Crippen molar-refractivity contribution in [3.8, 4) is 6.07 Å². The number of hydrogen-bond donors (Lipinski definition) is 0. The number of nitriles is 1. The largest absolute Gasteiger partial charge is 0.379 e. The molecule has 0 radical (unpaired) electrons. The third-order valence-electron chi connectivity index (χ3n) is 0.477. The zero-order valence-corrected chi connectivity index (χ0v) is 4.27. The van der Waals surface area contributed by atoms with Crippen molar-refractivity contribution in [1.82, 2.24) is 0 Å². The van der Waals surface area contributed by atoms with E-state index >= 15 is 0 Å². The maximum Gasteiger partial charge on any atom is 0.0965 e. The third-order valence-corrected chi connectivity index (χ3v) is 0.477. The van der Waals surface area contributed by atoms with Gasteiger partial charge < -0.3 is 4.74 Å². The van der Waals surface area contributed by atoms with Gasteiger partial charge in [0, 0.05) is 12.7 Å². The van der Waals surface area contributed by atoms with Gasteiger partial charge in [0.1, 0.15) is 0 Å². The molecule has 0 saturated heterocycles. The van der Waals surface area contributed by atoms with Crippen molar-refractivity contribution in [2.45, 2.75) is 0 Å². The van der Waals surface area contributed by atoms with E-state index in [2.05, 4.69) is 11.3 Å². The van der Waals surface area contributed by atoms with Gasteiger partial charge in [-0.2, -0.15) is 5.26 Å². The average molecular weight is 97.1 g/mol. The van der Waals surface area contributed by atoms with Crippen LogP contribution in [-0.4, -0.2) is 13.7 Å². The lowest BCUT2D eigenvalue weighted by Crippen LogP contribution is -1.87. The standard InChI is InChI=1S/C5H7NO/c1-5(3-6)4-7-2/h1,4H2,2H3. The molecule has 0 aromatic heterocycles. The van der Waals surface area contributed by atoms with Crippen molar-refractivity contribution in [2.75, 3.05) is 13.7 Å². The molecular formula is C5H7NO. The van der Waals surface area contributed by atoms with E-state index in [1.807, 2.05) is 6.07 Å². The Labute approximate surface area is 43.0 Å². The highest BCUT2D eigenvalue weighted by Crippen LogP contribution is 1.83. The molecule has 0 heterocycles. The maximum absolute atomic E-state index is 8.04. The summed E-state index contributed by atoms with van der Waals surface area (Å²) in [4.78, 5) is 0. The first-order valence-electron chi connectivity index (χ1n) is 1.88. The van der Waals surface area contributed by atoms with Crippen LogP contribution in [0.25, 0.3) is 0 Å². The van der Waals surface area contributed by atoms with Gasteiger partial charge in [-0.25, -0.2) is 0 Å². The first kappa shape index (κ1) is 6.19. The van der Waals surface area contributed by atoms with Crippen LogP contribution in [-0.2, 0) is 4.74 Å². The van der Waals surface area contributed by atoms with Crippen LogP contribution in [0.5, 0.6) is 0 Å². The lowest BCUT2D eigenvalue weighted by Gasteiger charge is -1.87. The lowest BCUT2D eigenvalue weighted by atomic mass is 10.4. The van der Waals surface area contributed by atoms with Crippen molar-refractivity contribution in [3.05, 3.63) is 12.2 Å². The minimum Gasteiger partial charge on any atom is -0.379 e. The van der Waals surface area contributed by atoms with Crippen LogP contribution in [0.4, 0.5) is 0 Å². The molecule has 0 saturated carbocycles. The molecule has 0 aliphatic rings. The van der Waals surface area contributed by atoms with Gasteiger partial charge >= 0.3 is 0 Å². The van der Waals surface area contributed by atoms with Crippen molar-refractivity contribution in [3.63, 3.8) is 0 Å². The Kier molecular flexibility index (Phi) is 2.99. The molecule has 0 N–H and O–H groups in total. The number of nitrogens with zero attached hydrogens (tertiary/aromatic N) is 1.